The van der Waals surface area contributed by atoms with Crippen molar-refractivity contribution in [3.63, 3.8) is 0 Å². The molecule has 0 fully saturated rings. The van der Waals surface area contributed by atoms with Gasteiger partial charge in [0.25, 0.3) is 0 Å². The van der Waals surface area contributed by atoms with Crippen molar-refractivity contribution in [2.75, 3.05) is 0 Å². The van der Waals surface area contributed by atoms with Gasteiger partial charge in [0.05, 0.1) is 23.1 Å². The number of hydrogen-bond acceptors (Lipinski definition) is 3. The van der Waals surface area contributed by atoms with E-state index < -0.39 is 10.8 Å². The van der Waals surface area contributed by atoms with Crippen LogP contribution in [0.3, 0.4) is 0 Å². The van der Waals surface area contributed by atoms with E-state index in [1.54, 1.807) is 0 Å². The third kappa shape index (κ3) is 4.58. The minimum Gasteiger partial charge on any atom is -0.464 e. The van der Waals surface area contributed by atoms with Gasteiger partial charge in [-0.25, -0.2) is 0 Å². The summed E-state index contributed by atoms with van der Waals surface area (Å²) in [5.74, 6) is 2.03. The minimum absolute atomic E-state index is 0.401. The summed E-state index contributed by atoms with van der Waals surface area (Å²) in [7, 11) is -1.09. The number of halogens is 1. The minimum atomic E-state index is -1.09. The zero-order valence-electron chi connectivity index (χ0n) is 11.6. The average Bonchev–Trinajstić information content (AvgIpc) is 2.84. The quantitative estimate of drug-likeness (QED) is 0.855. The molecule has 20 heavy (non-hydrogen) atoms. The first-order chi connectivity index (χ1) is 9.54. The van der Waals surface area contributed by atoms with Crippen molar-refractivity contribution in [3.05, 3.63) is 52.4 Å². The molecule has 0 radical (unpaired) electrons. The van der Waals surface area contributed by atoms with Gasteiger partial charge in [-0.2, -0.15) is 0 Å². The average molecular weight is 356 g/mol. The van der Waals surface area contributed by atoms with Gasteiger partial charge in [-0.15, -0.1) is 0 Å². The normalized spacial score (nSPS) is 12.8. The second-order valence-corrected chi connectivity index (χ2v) is 7.22. The Balaban J connectivity index is 1.98. The summed E-state index contributed by atoms with van der Waals surface area (Å²) >= 11 is 3.39. The largest absolute Gasteiger partial charge is 0.464 e. The molecule has 0 bridgehead atoms. The van der Waals surface area contributed by atoms with E-state index in [-0.39, 0.29) is 0 Å². The lowest BCUT2D eigenvalue weighted by Crippen LogP contribution is -2.21. The fraction of sp³-hybridized carbons (Fsp3) is 0.333. The summed E-state index contributed by atoms with van der Waals surface area (Å²) in [5, 5.41) is 3.29. The molecule has 1 aromatic carbocycles. The van der Waals surface area contributed by atoms with E-state index in [0.29, 0.717) is 18.3 Å². The Morgan fingerprint density at radius 2 is 2.00 bits per heavy atom. The van der Waals surface area contributed by atoms with E-state index in [4.69, 9.17) is 4.42 Å². The monoisotopic (exact) mass is 355 g/mol. The second-order valence-electron chi connectivity index (χ2n) is 4.85. The Hall–Kier alpha value is -0.910. The lowest BCUT2D eigenvalue weighted by atomic mass is 10.3. The zero-order valence-corrected chi connectivity index (χ0v) is 14.0. The van der Waals surface area contributed by atoms with Crippen molar-refractivity contribution in [2.24, 2.45) is 0 Å². The van der Waals surface area contributed by atoms with Gasteiger partial charge in [0.15, 0.2) is 0 Å². The molecule has 5 heteroatoms. The van der Waals surface area contributed by atoms with Crippen LogP contribution >= 0.6 is 15.9 Å². The molecule has 1 unspecified atom stereocenters. The van der Waals surface area contributed by atoms with Crippen LogP contribution in [0.4, 0.5) is 0 Å². The van der Waals surface area contributed by atoms with E-state index in [1.807, 2.05) is 36.4 Å². The number of nitrogens with one attached hydrogen (secondary N) is 1. The molecule has 0 aliphatic rings. The molecular formula is C15H18BrNO2S. The van der Waals surface area contributed by atoms with E-state index in [1.165, 1.54) is 0 Å². The topological polar surface area (TPSA) is 42.2 Å². The van der Waals surface area contributed by atoms with Crippen LogP contribution in [0.1, 0.15) is 25.4 Å². The maximum atomic E-state index is 12.3. The fourth-order valence-corrected chi connectivity index (χ4v) is 3.34. The van der Waals surface area contributed by atoms with Crippen LogP contribution in [0.15, 0.2) is 50.2 Å². The number of rotatable bonds is 6. The summed E-state index contributed by atoms with van der Waals surface area (Å²) in [4.78, 5) is 0.803. The predicted octanol–water partition coefficient (Wildman–Crippen LogP) is 3.85. The number of benzene rings is 1. The van der Waals surface area contributed by atoms with Gasteiger partial charge in [0.1, 0.15) is 11.5 Å². The molecule has 108 valence electrons. The van der Waals surface area contributed by atoms with Gasteiger partial charge >= 0.3 is 0 Å². The van der Waals surface area contributed by atoms with Gasteiger partial charge < -0.3 is 9.73 Å². The van der Waals surface area contributed by atoms with Crippen molar-refractivity contribution in [2.45, 2.75) is 37.1 Å². The van der Waals surface area contributed by atoms with Crippen LogP contribution in [-0.2, 0) is 23.1 Å². The van der Waals surface area contributed by atoms with Crippen molar-refractivity contribution in [3.8, 4) is 0 Å². The molecule has 2 aromatic rings. The van der Waals surface area contributed by atoms with Crippen molar-refractivity contribution < 1.29 is 8.63 Å². The molecule has 0 amide bonds. The Morgan fingerprint density at radius 1 is 1.25 bits per heavy atom. The summed E-state index contributed by atoms with van der Waals surface area (Å²) in [6, 6.07) is 11.8. The summed E-state index contributed by atoms with van der Waals surface area (Å²) in [6.45, 7) is 4.87. The molecule has 0 saturated heterocycles. The fourth-order valence-electron chi connectivity index (χ4n) is 1.72. The van der Waals surface area contributed by atoms with Crippen LogP contribution in [0.2, 0.25) is 0 Å². The molecule has 1 heterocycles. The summed E-state index contributed by atoms with van der Waals surface area (Å²) < 4.78 is 18.9. The summed E-state index contributed by atoms with van der Waals surface area (Å²) in [6.07, 6.45) is 0. The number of furan rings is 1. The molecule has 0 aliphatic heterocycles. The highest BCUT2D eigenvalue weighted by Gasteiger charge is 2.09. The van der Waals surface area contributed by atoms with Crippen LogP contribution in [0.5, 0.6) is 0 Å². The molecule has 3 nitrogen and oxygen atoms in total. The zero-order chi connectivity index (χ0) is 14.5. The second kappa shape index (κ2) is 7.20. The van der Waals surface area contributed by atoms with Gasteiger partial charge in [-0.3, -0.25) is 4.21 Å². The van der Waals surface area contributed by atoms with Crippen molar-refractivity contribution in [1.82, 2.24) is 5.32 Å². The third-order valence-electron chi connectivity index (χ3n) is 2.73. The molecule has 0 saturated carbocycles. The first-order valence-electron chi connectivity index (χ1n) is 6.49. The SMILES string of the molecule is CC(C)NCc1ccc(CS(=O)c2cccc(Br)c2)o1. The van der Waals surface area contributed by atoms with Gasteiger partial charge in [0.2, 0.25) is 0 Å². The Kier molecular flexibility index (Phi) is 5.57. The van der Waals surface area contributed by atoms with E-state index in [0.717, 1.165) is 20.9 Å². The smallest absolute Gasteiger partial charge is 0.118 e. The first kappa shape index (κ1) is 15.5. The lowest BCUT2D eigenvalue weighted by molar-refractivity contribution is 0.445. The maximum Gasteiger partial charge on any atom is 0.118 e. The van der Waals surface area contributed by atoms with Crippen LogP contribution in [0.25, 0.3) is 0 Å². The van der Waals surface area contributed by atoms with Crippen molar-refractivity contribution >= 4 is 26.7 Å². The standard InChI is InChI=1S/C15H18BrNO2S/c1-11(2)17-9-13-6-7-14(19-13)10-20(18)15-5-3-4-12(16)8-15/h3-8,11,17H,9-10H2,1-2H3. The summed E-state index contributed by atoms with van der Waals surface area (Å²) in [5.41, 5.74) is 0. The Labute approximate surface area is 130 Å². The highest BCUT2D eigenvalue weighted by Crippen LogP contribution is 2.18. The molecule has 0 spiro atoms. The molecular weight excluding hydrogens is 338 g/mol. The predicted molar refractivity (Wildman–Crippen MR) is 84.9 cm³/mol. The van der Waals surface area contributed by atoms with E-state index in [9.17, 15) is 4.21 Å². The highest BCUT2D eigenvalue weighted by atomic mass is 79.9. The molecule has 1 atom stereocenters. The van der Waals surface area contributed by atoms with Crippen LogP contribution < -0.4 is 5.32 Å². The molecule has 0 aliphatic carbocycles. The maximum absolute atomic E-state index is 12.3. The first-order valence-corrected chi connectivity index (χ1v) is 8.60. The van der Waals surface area contributed by atoms with E-state index >= 15 is 0 Å². The number of hydrogen-bond donors (Lipinski definition) is 1. The van der Waals surface area contributed by atoms with E-state index in [2.05, 4.69) is 35.1 Å². The van der Waals surface area contributed by atoms with Gasteiger partial charge in [-0.05, 0) is 30.3 Å². The Bertz CT molecular complexity index is 595. The van der Waals surface area contributed by atoms with Gasteiger partial charge in [-0.1, -0.05) is 35.8 Å². The molecule has 1 aromatic heterocycles. The molecule has 1 N–H and O–H groups in total. The van der Waals surface area contributed by atoms with Crippen LogP contribution in [-0.4, -0.2) is 10.3 Å². The van der Waals surface area contributed by atoms with Crippen LogP contribution in [0, 0.1) is 0 Å². The Morgan fingerprint density at radius 3 is 2.70 bits per heavy atom. The highest BCUT2D eigenvalue weighted by molar-refractivity contribution is 9.10. The van der Waals surface area contributed by atoms with Crippen molar-refractivity contribution in [1.29, 1.82) is 0 Å². The lowest BCUT2D eigenvalue weighted by Gasteiger charge is -2.05. The third-order valence-corrected chi connectivity index (χ3v) is 4.55. The molecule has 2 rings (SSSR count). The van der Waals surface area contributed by atoms with Gasteiger partial charge in [0, 0.05) is 15.4 Å².